The first kappa shape index (κ1) is 42.1. The Balaban J connectivity index is 1.23. The van der Waals surface area contributed by atoms with E-state index in [1.807, 2.05) is 95.9 Å². The van der Waals surface area contributed by atoms with Crippen molar-refractivity contribution < 1.29 is 38.2 Å². The van der Waals surface area contributed by atoms with Gasteiger partial charge in [-0.05, 0) is 67.5 Å². The van der Waals surface area contributed by atoms with Crippen molar-refractivity contribution in [3.05, 3.63) is 138 Å². The molecule has 3 amide bonds. The normalized spacial score (nSPS) is 15.0. The lowest BCUT2D eigenvalue weighted by molar-refractivity contribution is -0.149. The molecule has 0 unspecified atom stereocenters. The SMILES string of the molecule is COc1cccc(C(=O)CN2CCCC[C@H]2C(=O)N[C@@H](Cc2ccccc2)C(=O)N[C@@H](CCCCNC(=O)OCc2ccccc2)C(=O)OCc2ccccc2)c1. The fourth-order valence-corrected chi connectivity index (χ4v) is 6.67. The average molecular weight is 777 g/mol. The van der Waals surface area contributed by atoms with Gasteiger partial charge in [0.05, 0.1) is 19.7 Å². The third-order valence-electron chi connectivity index (χ3n) is 9.80. The molecule has 0 spiro atoms. The van der Waals surface area contributed by atoms with Crippen LogP contribution in [-0.4, -0.2) is 79.4 Å². The number of esters is 1. The van der Waals surface area contributed by atoms with Gasteiger partial charge in [0.1, 0.15) is 31.0 Å². The van der Waals surface area contributed by atoms with Crippen molar-refractivity contribution in [1.29, 1.82) is 0 Å². The Morgan fingerprint density at radius 1 is 0.719 bits per heavy atom. The molecular formula is C45H52N4O8. The molecule has 4 aromatic rings. The number of Topliss-reactive ketones (excluding diaryl/α,β-unsaturated/α-hetero) is 1. The van der Waals surface area contributed by atoms with Crippen LogP contribution in [-0.2, 0) is 43.5 Å². The van der Waals surface area contributed by atoms with E-state index in [4.69, 9.17) is 14.2 Å². The van der Waals surface area contributed by atoms with Gasteiger partial charge in [0.15, 0.2) is 5.78 Å². The number of ether oxygens (including phenoxy) is 3. The predicted molar refractivity (Wildman–Crippen MR) is 215 cm³/mol. The Labute approximate surface area is 334 Å². The zero-order chi connectivity index (χ0) is 40.2. The molecule has 1 heterocycles. The van der Waals surface area contributed by atoms with Crippen LogP contribution in [0.2, 0.25) is 0 Å². The highest BCUT2D eigenvalue weighted by Gasteiger charge is 2.34. The van der Waals surface area contributed by atoms with Crippen LogP contribution < -0.4 is 20.7 Å². The Bertz CT molecular complexity index is 1890. The van der Waals surface area contributed by atoms with Crippen LogP contribution in [0.25, 0.3) is 0 Å². The van der Waals surface area contributed by atoms with Crippen molar-refractivity contribution in [3.63, 3.8) is 0 Å². The van der Waals surface area contributed by atoms with Crippen molar-refractivity contribution in [3.8, 4) is 5.75 Å². The van der Waals surface area contributed by atoms with Crippen molar-refractivity contribution in [2.24, 2.45) is 0 Å². The number of likely N-dealkylation sites (tertiary alicyclic amines) is 1. The molecule has 57 heavy (non-hydrogen) atoms. The molecule has 1 saturated heterocycles. The molecule has 0 bridgehead atoms. The number of alkyl carbamates (subject to hydrolysis) is 1. The number of methoxy groups -OCH3 is 1. The molecule has 12 heteroatoms. The summed E-state index contributed by atoms with van der Waals surface area (Å²) in [6.45, 7) is 1.07. The summed E-state index contributed by atoms with van der Waals surface area (Å²) in [7, 11) is 1.54. The lowest BCUT2D eigenvalue weighted by Crippen LogP contribution is -2.57. The van der Waals surface area contributed by atoms with Gasteiger partial charge >= 0.3 is 12.1 Å². The molecule has 3 atom stereocenters. The number of nitrogens with zero attached hydrogens (tertiary/aromatic N) is 1. The number of nitrogens with one attached hydrogen (secondary N) is 3. The van der Waals surface area contributed by atoms with Crippen LogP contribution in [0.1, 0.15) is 65.6 Å². The summed E-state index contributed by atoms with van der Waals surface area (Å²) in [6, 6.07) is 32.2. The highest BCUT2D eigenvalue weighted by molar-refractivity contribution is 5.98. The summed E-state index contributed by atoms with van der Waals surface area (Å²) in [4.78, 5) is 69.2. The maximum absolute atomic E-state index is 14.1. The van der Waals surface area contributed by atoms with E-state index in [2.05, 4.69) is 16.0 Å². The van der Waals surface area contributed by atoms with E-state index in [-0.39, 0.29) is 44.3 Å². The first-order valence-electron chi connectivity index (χ1n) is 19.5. The molecule has 12 nitrogen and oxygen atoms in total. The van der Waals surface area contributed by atoms with E-state index in [1.165, 1.54) is 0 Å². The summed E-state index contributed by atoms with van der Waals surface area (Å²) in [5.41, 5.74) is 2.98. The fourth-order valence-electron chi connectivity index (χ4n) is 6.67. The number of hydrogen-bond acceptors (Lipinski definition) is 9. The molecule has 0 radical (unpaired) electrons. The van der Waals surface area contributed by atoms with E-state index < -0.39 is 36.1 Å². The van der Waals surface area contributed by atoms with Crippen LogP contribution in [0.15, 0.2) is 115 Å². The number of rotatable bonds is 20. The standard InChI is InChI=1S/C45H52N4O8/c1-55-37-23-15-22-36(29-37)41(50)30-49-27-14-12-25-40(49)43(52)48-39(28-33-16-5-2-6-17-33)42(51)47-38(44(53)56-31-34-18-7-3-8-19-34)24-11-13-26-46-45(54)57-32-35-20-9-4-10-21-35/h2-10,15-23,29,38-40H,11-14,24-28,30-32H2,1H3,(H,46,54)(H,47,51)(H,48,52)/t38-,39-,40-/m0/s1. The first-order chi connectivity index (χ1) is 27.8. The van der Waals surface area contributed by atoms with Crippen LogP contribution in [0, 0.1) is 0 Å². The molecule has 0 saturated carbocycles. The number of carbonyl (C=O) groups excluding carboxylic acids is 5. The van der Waals surface area contributed by atoms with Crippen molar-refractivity contribution in [2.75, 3.05) is 26.7 Å². The number of benzene rings is 4. The van der Waals surface area contributed by atoms with E-state index in [1.54, 1.807) is 31.4 Å². The molecule has 300 valence electrons. The van der Waals surface area contributed by atoms with E-state index in [0.29, 0.717) is 43.7 Å². The fraction of sp³-hybridized carbons (Fsp3) is 0.356. The smallest absolute Gasteiger partial charge is 0.407 e. The molecule has 0 aromatic heterocycles. The minimum absolute atomic E-state index is 0.0248. The zero-order valence-electron chi connectivity index (χ0n) is 32.4. The van der Waals surface area contributed by atoms with Crippen LogP contribution in [0.4, 0.5) is 4.79 Å². The minimum atomic E-state index is -1.02. The molecule has 1 fully saturated rings. The van der Waals surface area contributed by atoms with Crippen LogP contribution >= 0.6 is 0 Å². The second-order valence-corrected chi connectivity index (χ2v) is 14.0. The predicted octanol–water partition coefficient (Wildman–Crippen LogP) is 5.78. The first-order valence-corrected chi connectivity index (χ1v) is 19.5. The van der Waals surface area contributed by atoms with Crippen molar-refractivity contribution >= 4 is 29.7 Å². The lowest BCUT2D eigenvalue weighted by atomic mass is 9.98. The lowest BCUT2D eigenvalue weighted by Gasteiger charge is -2.35. The number of ketones is 1. The third kappa shape index (κ3) is 13.9. The Morgan fingerprint density at radius 2 is 1.37 bits per heavy atom. The summed E-state index contributed by atoms with van der Waals surface area (Å²) >= 11 is 0. The van der Waals surface area contributed by atoms with Gasteiger partial charge in [-0.1, -0.05) is 110 Å². The van der Waals surface area contributed by atoms with Crippen LogP contribution in [0.5, 0.6) is 5.75 Å². The maximum atomic E-state index is 14.1. The molecule has 1 aliphatic heterocycles. The maximum Gasteiger partial charge on any atom is 0.407 e. The second kappa shape index (κ2) is 22.5. The topological polar surface area (TPSA) is 152 Å². The number of carbonyl (C=O) groups is 5. The summed E-state index contributed by atoms with van der Waals surface area (Å²) in [5, 5.41) is 8.58. The molecule has 4 aromatic carbocycles. The van der Waals surface area contributed by atoms with Crippen molar-refractivity contribution in [1.82, 2.24) is 20.9 Å². The number of piperidine rings is 1. The molecule has 1 aliphatic rings. The molecule has 5 rings (SSSR count). The van der Waals surface area contributed by atoms with E-state index >= 15 is 0 Å². The van der Waals surface area contributed by atoms with Gasteiger partial charge in [0.25, 0.3) is 0 Å². The largest absolute Gasteiger partial charge is 0.497 e. The highest BCUT2D eigenvalue weighted by Crippen LogP contribution is 2.20. The third-order valence-corrected chi connectivity index (χ3v) is 9.80. The van der Waals surface area contributed by atoms with Crippen LogP contribution in [0.3, 0.4) is 0 Å². The monoisotopic (exact) mass is 776 g/mol. The minimum Gasteiger partial charge on any atom is -0.497 e. The van der Waals surface area contributed by atoms with Gasteiger partial charge < -0.3 is 30.2 Å². The zero-order valence-corrected chi connectivity index (χ0v) is 32.4. The number of hydrogen-bond donors (Lipinski definition) is 3. The highest BCUT2D eigenvalue weighted by atomic mass is 16.5. The van der Waals surface area contributed by atoms with Gasteiger partial charge in [0, 0.05) is 18.5 Å². The summed E-state index contributed by atoms with van der Waals surface area (Å²) < 4.78 is 16.2. The summed E-state index contributed by atoms with van der Waals surface area (Å²) in [6.07, 6.45) is 3.00. The Morgan fingerprint density at radius 3 is 2.04 bits per heavy atom. The van der Waals surface area contributed by atoms with Crippen molar-refractivity contribution in [2.45, 2.75) is 76.3 Å². The molecular weight excluding hydrogens is 725 g/mol. The van der Waals surface area contributed by atoms with E-state index in [0.717, 1.165) is 29.5 Å². The van der Waals surface area contributed by atoms with Gasteiger partial charge in [-0.2, -0.15) is 0 Å². The average Bonchev–Trinajstić information content (AvgIpc) is 3.25. The van der Waals surface area contributed by atoms with Gasteiger partial charge in [-0.25, -0.2) is 9.59 Å². The Hall–Kier alpha value is -6.01. The quantitative estimate of drug-likeness (QED) is 0.0576. The number of amides is 3. The second-order valence-electron chi connectivity index (χ2n) is 14.0. The van der Waals surface area contributed by atoms with Gasteiger partial charge in [-0.3, -0.25) is 19.3 Å². The van der Waals surface area contributed by atoms with Gasteiger partial charge in [-0.15, -0.1) is 0 Å². The van der Waals surface area contributed by atoms with E-state index in [9.17, 15) is 24.0 Å². The van der Waals surface area contributed by atoms with Gasteiger partial charge in [0.2, 0.25) is 11.8 Å². The number of unbranched alkanes of at least 4 members (excludes halogenated alkanes) is 1. The summed E-state index contributed by atoms with van der Waals surface area (Å²) in [5.74, 6) is -1.07. The molecule has 0 aliphatic carbocycles. The Kier molecular flexibility index (Phi) is 16.6. The molecule has 3 N–H and O–H groups in total.